The van der Waals surface area contributed by atoms with Crippen molar-refractivity contribution in [3.8, 4) is 0 Å². The van der Waals surface area contributed by atoms with Gasteiger partial charge < -0.3 is 15.0 Å². The van der Waals surface area contributed by atoms with E-state index in [9.17, 15) is 9.59 Å². The molecule has 0 radical (unpaired) electrons. The maximum absolute atomic E-state index is 12.9. The number of hydrogen-bond acceptors (Lipinski definition) is 4. The summed E-state index contributed by atoms with van der Waals surface area (Å²) >= 11 is 0. The fourth-order valence-electron chi connectivity index (χ4n) is 2.64. The van der Waals surface area contributed by atoms with Crippen LogP contribution < -0.4 is 5.32 Å². The molecule has 2 atom stereocenters. The summed E-state index contributed by atoms with van der Waals surface area (Å²) in [5.41, 5.74) is 1.09. The van der Waals surface area contributed by atoms with Crippen molar-refractivity contribution in [2.24, 2.45) is 5.92 Å². The normalized spacial score (nSPS) is 12.7. The zero-order chi connectivity index (χ0) is 18.5. The third kappa shape index (κ3) is 7.35. The Labute approximate surface area is 150 Å². The van der Waals surface area contributed by atoms with E-state index in [1.165, 1.54) is 0 Å². The Balaban J connectivity index is 2.82. The van der Waals surface area contributed by atoms with Gasteiger partial charge in [-0.1, -0.05) is 42.5 Å². The van der Waals surface area contributed by atoms with E-state index in [4.69, 9.17) is 4.74 Å². The Bertz CT molecular complexity index is 545. The number of nitrogens with zero attached hydrogens (tertiary/aromatic N) is 1. The largest absolute Gasteiger partial charge is 0.466 e. The molecular formula is C20H28N2O3. The van der Waals surface area contributed by atoms with Crippen LogP contribution in [-0.2, 0) is 20.7 Å². The van der Waals surface area contributed by atoms with Gasteiger partial charge in [0, 0.05) is 20.1 Å². The first-order chi connectivity index (χ1) is 12.1. The topological polar surface area (TPSA) is 58.6 Å². The Morgan fingerprint density at radius 1 is 1.28 bits per heavy atom. The van der Waals surface area contributed by atoms with Crippen LogP contribution in [0.25, 0.3) is 0 Å². The van der Waals surface area contributed by atoms with Crippen molar-refractivity contribution >= 4 is 12.4 Å². The molecule has 5 heteroatoms. The van der Waals surface area contributed by atoms with Crippen LogP contribution in [0.4, 0.5) is 0 Å². The Hall–Kier alpha value is -2.40. The van der Waals surface area contributed by atoms with Crippen molar-refractivity contribution in [2.45, 2.75) is 18.9 Å². The smallest absolute Gasteiger partial charge is 0.293 e. The van der Waals surface area contributed by atoms with Gasteiger partial charge in [0.05, 0.1) is 12.0 Å². The zero-order valence-electron chi connectivity index (χ0n) is 14.9. The van der Waals surface area contributed by atoms with E-state index in [-0.39, 0.29) is 24.5 Å². The number of carbonyl (C=O) groups is 2. The average Bonchev–Trinajstić information content (AvgIpc) is 2.64. The highest BCUT2D eigenvalue weighted by Gasteiger charge is 2.26. The molecule has 0 aliphatic carbocycles. The number of amides is 1. The van der Waals surface area contributed by atoms with Crippen molar-refractivity contribution in [3.05, 3.63) is 61.2 Å². The van der Waals surface area contributed by atoms with Crippen molar-refractivity contribution in [1.82, 2.24) is 10.2 Å². The molecule has 25 heavy (non-hydrogen) atoms. The lowest BCUT2D eigenvalue weighted by molar-refractivity contribution is -0.140. The predicted molar refractivity (Wildman–Crippen MR) is 100 cm³/mol. The van der Waals surface area contributed by atoms with Gasteiger partial charge in [-0.3, -0.25) is 9.59 Å². The molecule has 0 aliphatic rings. The van der Waals surface area contributed by atoms with E-state index in [2.05, 4.69) is 18.5 Å². The van der Waals surface area contributed by atoms with E-state index in [1.807, 2.05) is 30.3 Å². The highest BCUT2D eigenvalue weighted by Crippen LogP contribution is 2.14. The molecule has 0 aromatic heterocycles. The molecule has 0 fully saturated rings. The summed E-state index contributed by atoms with van der Waals surface area (Å²) in [6.07, 6.45) is 4.72. The van der Waals surface area contributed by atoms with Gasteiger partial charge in [-0.15, -0.1) is 13.2 Å². The second-order valence-electron chi connectivity index (χ2n) is 5.89. The van der Waals surface area contributed by atoms with E-state index in [1.54, 1.807) is 24.1 Å². The summed E-state index contributed by atoms with van der Waals surface area (Å²) in [7, 11) is 1.76. The highest BCUT2D eigenvalue weighted by atomic mass is 16.5. The van der Waals surface area contributed by atoms with Crippen molar-refractivity contribution in [1.29, 1.82) is 0 Å². The van der Waals surface area contributed by atoms with E-state index in [0.717, 1.165) is 5.56 Å². The van der Waals surface area contributed by atoms with Gasteiger partial charge >= 0.3 is 0 Å². The molecule has 1 N–H and O–H groups in total. The first kappa shape index (κ1) is 20.6. The van der Waals surface area contributed by atoms with Gasteiger partial charge in [-0.05, 0) is 18.4 Å². The maximum Gasteiger partial charge on any atom is 0.293 e. The lowest BCUT2D eigenvalue weighted by Gasteiger charge is -2.31. The van der Waals surface area contributed by atoms with Gasteiger partial charge in [-0.2, -0.15) is 0 Å². The number of nitrogens with one attached hydrogen (secondary N) is 1. The summed E-state index contributed by atoms with van der Waals surface area (Å²) in [4.78, 5) is 25.2. The molecule has 136 valence electrons. The van der Waals surface area contributed by atoms with Crippen LogP contribution in [0.2, 0.25) is 0 Å². The van der Waals surface area contributed by atoms with E-state index >= 15 is 0 Å². The lowest BCUT2D eigenvalue weighted by Crippen LogP contribution is -2.46. The van der Waals surface area contributed by atoms with Crippen LogP contribution in [-0.4, -0.2) is 50.1 Å². The Morgan fingerprint density at radius 3 is 2.60 bits per heavy atom. The number of benzene rings is 1. The molecule has 1 aromatic carbocycles. The summed E-state index contributed by atoms with van der Waals surface area (Å²) in [6.45, 7) is 9.19. The molecule has 1 rings (SSSR count). The minimum absolute atomic E-state index is 0.00638. The van der Waals surface area contributed by atoms with E-state index in [0.29, 0.717) is 32.4 Å². The SMILES string of the molecule is C=CCNC[C@@H](CC=C)C(=O)N(C)C(COC=O)Cc1ccccc1. The molecular weight excluding hydrogens is 316 g/mol. The summed E-state index contributed by atoms with van der Waals surface area (Å²) in [5, 5.41) is 3.19. The molecule has 1 unspecified atom stereocenters. The maximum atomic E-state index is 12.9. The van der Waals surface area contributed by atoms with Crippen molar-refractivity contribution < 1.29 is 14.3 Å². The number of likely N-dealkylation sites (N-methyl/N-ethyl adjacent to an activating group) is 1. The molecule has 0 bridgehead atoms. The van der Waals surface area contributed by atoms with Gasteiger partial charge in [0.15, 0.2) is 0 Å². The first-order valence-electron chi connectivity index (χ1n) is 8.42. The number of carbonyl (C=O) groups excluding carboxylic acids is 2. The molecule has 0 heterocycles. The average molecular weight is 344 g/mol. The van der Waals surface area contributed by atoms with Gasteiger partial charge in [-0.25, -0.2) is 0 Å². The highest BCUT2D eigenvalue weighted by molar-refractivity contribution is 5.79. The molecule has 5 nitrogen and oxygen atoms in total. The Morgan fingerprint density at radius 2 is 2.00 bits per heavy atom. The summed E-state index contributed by atoms with van der Waals surface area (Å²) in [6, 6.07) is 9.63. The van der Waals surface area contributed by atoms with Gasteiger partial charge in [0.2, 0.25) is 5.91 Å². The number of rotatable bonds is 13. The second-order valence-corrected chi connectivity index (χ2v) is 5.89. The van der Waals surface area contributed by atoms with Gasteiger partial charge in [0.1, 0.15) is 6.61 Å². The fraction of sp³-hybridized carbons (Fsp3) is 0.400. The quantitative estimate of drug-likeness (QED) is 0.339. The van der Waals surface area contributed by atoms with Crippen molar-refractivity contribution in [2.75, 3.05) is 26.7 Å². The third-order valence-corrected chi connectivity index (χ3v) is 4.05. The first-order valence-corrected chi connectivity index (χ1v) is 8.42. The molecule has 1 aromatic rings. The van der Waals surface area contributed by atoms with Crippen LogP contribution in [0, 0.1) is 5.92 Å². The second kappa shape index (κ2) is 12.0. The Kier molecular flexibility index (Phi) is 9.94. The molecule has 0 saturated carbocycles. The van der Waals surface area contributed by atoms with Crippen LogP contribution >= 0.6 is 0 Å². The zero-order valence-corrected chi connectivity index (χ0v) is 14.9. The van der Waals surface area contributed by atoms with Crippen molar-refractivity contribution in [3.63, 3.8) is 0 Å². The minimum Gasteiger partial charge on any atom is -0.466 e. The molecule has 0 aliphatic heterocycles. The number of hydrogen-bond donors (Lipinski definition) is 1. The third-order valence-electron chi connectivity index (χ3n) is 4.05. The predicted octanol–water partition coefficient (Wildman–Crippen LogP) is 2.20. The fourth-order valence-corrected chi connectivity index (χ4v) is 2.64. The van der Waals surface area contributed by atoms with E-state index < -0.39 is 0 Å². The van der Waals surface area contributed by atoms with Crippen LogP contribution in [0.15, 0.2) is 55.6 Å². The van der Waals surface area contributed by atoms with Crippen LogP contribution in [0.5, 0.6) is 0 Å². The van der Waals surface area contributed by atoms with Gasteiger partial charge in [0.25, 0.3) is 6.47 Å². The summed E-state index contributed by atoms with van der Waals surface area (Å²) in [5.74, 6) is -0.205. The lowest BCUT2D eigenvalue weighted by atomic mass is 10.0. The number of allylic oxidation sites excluding steroid dienone is 1. The minimum atomic E-state index is -0.216. The molecule has 0 spiro atoms. The standard InChI is InChI=1S/C20H28N2O3/c1-4-9-18(14-21-12-5-2)20(24)22(3)19(15-25-16-23)13-17-10-7-6-8-11-17/h4-8,10-11,16,18-19,21H,1-2,9,12-15H2,3H3/t18-,19?/m1/s1. The van der Waals surface area contributed by atoms with Crippen LogP contribution in [0.1, 0.15) is 12.0 Å². The molecule has 0 saturated heterocycles. The van der Waals surface area contributed by atoms with Crippen LogP contribution in [0.3, 0.4) is 0 Å². The monoisotopic (exact) mass is 344 g/mol. The number of ether oxygens (including phenoxy) is 1. The molecule has 1 amide bonds. The summed E-state index contributed by atoms with van der Waals surface area (Å²) < 4.78 is 4.95.